The normalized spacial score (nSPS) is 23.6. The molecule has 3 unspecified atom stereocenters. The summed E-state index contributed by atoms with van der Waals surface area (Å²) in [6.45, 7) is 5.46. The standard InChI is InChI=1S/C15H23NO2/c1-5-16-15(12-8-10(12)2)11-6-7-13(17-3)14(9-11)18-4/h6-7,9-10,12,15-16H,5,8H2,1-4H3. The van der Waals surface area contributed by atoms with E-state index < -0.39 is 0 Å². The van der Waals surface area contributed by atoms with E-state index in [1.165, 1.54) is 12.0 Å². The molecule has 0 bridgehead atoms. The van der Waals surface area contributed by atoms with Crippen molar-refractivity contribution in [2.45, 2.75) is 26.3 Å². The Morgan fingerprint density at radius 2 is 1.94 bits per heavy atom. The summed E-state index contributed by atoms with van der Waals surface area (Å²) < 4.78 is 10.7. The van der Waals surface area contributed by atoms with Crippen LogP contribution in [-0.2, 0) is 0 Å². The second-order valence-electron chi connectivity index (χ2n) is 5.03. The molecule has 0 heterocycles. The van der Waals surface area contributed by atoms with Crippen LogP contribution in [0.25, 0.3) is 0 Å². The van der Waals surface area contributed by atoms with Crippen molar-refractivity contribution in [2.24, 2.45) is 11.8 Å². The van der Waals surface area contributed by atoms with Crippen molar-refractivity contribution >= 4 is 0 Å². The topological polar surface area (TPSA) is 30.5 Å². The van der Waals surface area contributed by atoms with Crippen LogP contribution in [-0.4, -0.2) is 20.8 Å². The third-order valence-electron chi connectivity index (χ3n) is 3.79. The predicted octanol–water partition coefficient (Wildman–Crippen LogP) is 3.01. The van der Waals surface area contributed by atoms with Crippen LogP contribution >= 0.6 is 0 Å². The molecule has 1 N–H and O–H groups in total. The SMILES string of the molecule is CCNC(c1ccc(OC)c(OC)c1)C1CC1C. The first-order valence-corrected chi connectivity index (χ1v) is 6.66. The molecule has 0 aromatic heterocycles. The predicted molar refractivity (Wildman–Crippen MR) is 73.2 cm³/mol. The number of nitrogens with one attached hydrogen (secondary N) is 1. The van der Waals surface area contributed by atoms with Crippen LogP contribution in [0.1, 0.15) is 31.9 Å². The molecule has 18 heavy (non-hydrogen) atoms. The molecule has 3 atom stereocenters. The van der Waals surface area contributed by atoms with E-state index in [0.29, 0.717) is 6.04 Å². The Kier molecular flexibility index (Phi) is 4.12. The molecule has 0 saturated heterocycles. The minimum absolute atomic E-state index is 0.435. The summed E-state index contributed by atoms with van der Waals surface area (Å²) in [5.41, 5.74) is 1.30. The molecule has 0 aliphatic heterocycles. The molecule has 3 nitrogen and oxygen atoms in total. The summed E-state index contributed by atoms with van der Waals surface area (Å²) in [6.07, 6.45) is 1.31. The summed E-state index contributed by atoms with van der Waals surface area (Å²) in [5.74, 6) is 3.18. The molecule has 0 radical (unpaired) electrons. The summed E-state index contributed by atoms with van der Waals surface area (Å²) in [4.78, 5) is 0. The summed E-state index contributed by atoms with van der Waals surface area (Å²) >= 11 is 0. The molecule has 2 rings (SSSR count). The van der Waals surface area contributed by atoms with Crippen molar-refractivity contribution in [3.63, 3.8) is 0 Å². The van der Waals surface area contributed by atoms with Gasteiger partial charge in [0.1, 0.15) is 0 Å². The maximum atomic E-state index is 5.38. The highest BCUT2D eigenvalue weighted by Crippen LogP contribution is 2.47. The Morgan fingerprint density at radius 1 is 1.28 bits per heavy atom. The summed E-state index contributed by atoms with van der Waals surface area (Å²) in [7, 11) is 3.35. The molecule has 1 saturated carbocycles. The molecule has 1 aliphatic rings. The second-order valence-corrected chi connectivity index (χ2v) is 5.03. The maximum Gasteiger partial charge on any atom is 0.161 e. The first-order chi connectivity index (χ1) is 8.71. The van der Waals surface area contributed by atoms with Gasteiger partial charge in [-0.3, -0.25) is 0 Å². The second kappa shape index (κ2) is 5.61. The van der Waals surface area contributed by atoms with Crippen molar-refractivity contribution in [3.8, 4) is 11.5 Å². The number of methoxy groups -OCH3 is 2. The van der Waals surface area contributed by atoms with Gasteiger partial charge < -0.3 is 14.8 Å². The summed E-state index contributed by atoms with van der Waals surface area (Å²) in [6, 6.07) is 6.66. The molecule has 0 amide bonds. The average Bonchev–Trinajstić information content (AvgIpc) is 3.12. The van der Waals surface area contributed by atoms with Crippen molar-refractivity contribution in [1.82, 2.24) is 5.32 Å². The van der Waals surface area contributed by atoms with Crippen LogP contribution in [0.15, 0.2) is 18.2 Å². The molecular weight excluding hydrogens is 226 g/mol. The van der Waals surface area contributed by atoms with Crippen LogP contribution in [0.3, 0.4) is 0 Å². The molecular formula is C15H23NO2. The van der Waals surface area contributed by atoms with Gasteiger partial charge in [0, 0.05) is 6.04 Å². The average molecular weight is 249 g/mol. The minimum atomic E-state index is 0.435. The fourth-order valence-electron chi connectivity index (χ4n) is 2.60. The zero-order valence-corrected chi connectivity index (χ0v) is 11.7. The largest absolute Gasteiger partial charge is 0.493 e. The fourth-order valence-corrected chi connectivity index (χ4v) is 2.60. The number of rotatable bonds is 6. The zero-order chi connectivity index (χ0) is 13.1. The highest BCUT2D eigenvalue weighted by atomic mass is 16.5. The lowest BCUT2D eigenvalue weighted by molar-refractivity contribution is 0.353. The van der Waals surface area contributed by atoms with Crippen LogP contribution in [0, 0.1) is 11.8 Å². The van der Waals surface area contributed by atoms with Crippen LogP contribution in [0.4, 0.5) is 0 Å². The Hall–Kier alpha value is -1.22. The smallest absolute Gasteiger partial charge is 0.161 e. The van der Waals surface area contributed by atoms with Crippen LogP contribution in [0.2, 0.25) is 0 Å². The molecule has 1 aliphatic carbocycles. The van der Waals surface area contributed by atoms with Gasteiger partial charge in [0.05, 0.1) is 14.2 Å². The Balaban J connectivity index is 2.24. The Labute approximate surface area is 109 Å². The van der Waals surface area contributed by atoms with Crippen LogP contribution in [0.5, 0.6) is 11.5 Å². The van der Waals surface area contributed by atoms with Crippen molar-refractivity contribution in [3.05, 3.63) is 23.8 Å². The highest BCUT2D eigenvalue weighted by Gasteiger charge is 2.39. The van der Waals surface area contributed by atoms with Gasteiger partial charge in [0.2, 0.25) is 0 Å². The van der Waals surface area contributed by atoms with E-state index in [9.17, 15) is 0 Å². The van der Waals surface area contributed by atoms with Gasteiger partial charge in [-0.2, -0.15) is 0 Å². The number of hydrogen-bond acceptors (Lipinski definition) is 3. The third kappa shape index (κ3) is 2.61. The van der Waals surface area contributed by atoms with E-state index in [-0.39, 0.29) is 0 Å². The van der Waals surface area contributed by atoms with Crippen LogP contribution < -0.4 is 14.8 Å². The first kappa shape index (κ1) is 13.2. The Morgan fingerprint density at radius 3 is 2.44 bits per heavy atom. The monoisotopic (exact) mass is 249 g/mol. The van der Waals surface area contributed by atoms with Crippen molar-refractivity contribution in [2.75, 3.05) is 20.8 Å². The van der Waals surface area contributed by atoms with Crippen molar-refractivity contribution < 1.29 is 9.47 Å². The highest BCUT2D eigenvalue weighted by molar-refractivity contribution is 5.44. The lowest BCUT2D eigenvalue weighted by Gasteiger charge is -2.20. The van der Waals surface area contributed by atoms with Gasteiger partial charge in [-0.05, 0) is 42.5 Å². The van der Waals surface area contributed by atoms with Crippen molar-refractivity contribution in [1.29, 1.82) is 0 Å². The van der Waals surface area contributed by atoms with Gasteiger partial charge in [0.15, 0.2) is 11.5 Å². The lowest BCUT2D eigenvalue weighted by atomic mass is 10.0. The van der Waals surface area contributed by atoms with Gasteiger partial charge in [-0.1, -0.05) is 19.9 Å². The van der Waals surface area contributed by atoms with E-state index in [1.807, 2.05) is 6.07 Å². The van der Waals surface area contributed by atoms with Gasteiger partial charge in [0.25, 0.3) is 0 Å². The lowest BCUT2D eigenvalue weighted by Crippen LogP contribution is -2.23. The molecule has 3 heteroatoms. The molecule has 100 valence electrons. The number of benzene rings is 1. The zero-order valence-electron chi connectivity index (χ0n) is 11.7. The first-order valence-electron chi connectivity index (χ1n) is 6.66. The van der Waals surface area contributed by atoms with E-state index >= 15 is 0 Å². The van der Waals surface area contributed by atoms with E-state index in [4.69, 9.17) is 9.47 Å². The van der Waals surface area contributed by atoms with Gasteiger partial charge in [-0.25, -0.2) is 0 Å². The van der Waals surface area contributed by atoms with Gasteiger partial charge in [-0.15, -0.1) is 0 Å². The summed E-state index contributed by atoms with van der Waals surface area (Å²) in [5, 5.41) is 3.58. The van der Waals surface area contributed by atoms with Gasteiger partial charge >= 0.3 is 0 Å². The molecule has 1 aromatic carbocycles. The molecule has 1 aromatic rings. The van der Waals surface area contributed by atoms with E-state index in [2.05, 4.69) is 31.3 Å². The van der Waals surface area contributed by atoms with E-state index in [1.54, 1.807) is 14.2 Å². The van der Waals surface area contributed by atoms with E-state index in [0.717, 1.165) is 29.9 Å². The number of ether oxygens (including phenoxy) is 2. The molecule has 0 spiro atoms. The fraction of sp³-hybridized carbons (Fsp3) is 0.600. The molecule has 1 fully saturated rings. The number of hydrogen-bond donors (Lipinski definition) is 1. The maximum absolute atomic E-state index is 5.38. The minimum Gasteiger partial charge on any atom is -0.493 e. The Bertz CT molecular complexity index is 405. The quantitative estimate of drug-likeness (QED) is 0.840. The third-order valence-corrected chi connectivity index (χ3v) is 3.79.